The zero-order valence-corrected chi connectivity index (χ0v) is 12.2. The monoisotopic (exact) mass is 261 g/mol. The fourth-order valence-corrected chi connectivity index (χ4v) is 3.26. The van der Waals surface area contributed by atoms with Gasteiger partial charge in [0, 0.05) is 12.5 Å². The Morgan fingerprint density at radius 3 is 2.47 bits per heavy atom. The summed E-state index contributed by atoms with van der Waals surface area (Å²) in [5, 5.41) is 10.5. The van der Waals surface area contributed by atoms with Crippen molar-refractivity contribution < 1.29 is 5.11 Å². The van der Waals surface area contributed by atoms with Gasteiger partial charge in [0.2, 0.25) is 0 Å². The average Bonchev–Trinajstić information content (AvgIpc) is 2.87. The minimum Gasteiger partial charge on any atom is -0.392 e. The van der Waals surface area contributed by atoms with Crippen molar-refractivity contribution in [2.45, 2.75) is 58.0 Å². The molecule has 0 amide bonds. The summed E-state index contributed by atoms with van der Waals surface area (Å²) in [5.41, 5.74) is 9.68. The third kappa shape index (κ3) is 3.58. The zero-order chi connectivity index (χ0) is 13.8. The Balaban J connectivity index is 2.06. The van der Waals surface area contributed by atoms with Crippen LogP contribution in [0.15, 0.2) is 18.2 Å². The molecule has 0 heterocycles. The molecule has 19 heavy (non-hydrogen) atoms. The van der Waals surface area contributed by atoms with Crippen molar-refractivity contribution in [1.29, 1.82) is 0 Å². The van der Waals surface area contributed by atoms with Gasteiger partial charge in [0.1, 0.15) is 0 Å². The molecule has 1 aromatic rings. The summed E-state index contributed by atoms with van der Waals surface area (Å²) in [6, 6.07) is 6.44. The molecule has 2 unspecified atom stereocenters. The predicted molar refractivity (Wildman–Crippen MR) is 80.3 cm³/mol. The molecular weight excluding hydrogens is 234 g/mol. The summed E-state index contributed by atoms with van der Waals surface area (Å²) < 4.78 is 0. The molecule has 1 aromatic carbocycles. The Kier molecular flexibility index (Phi) is 5.00. The summed E-state index contributed by atoms with van der Waals surface area (Å²) >= 11 is 0. The molecular formula is C17H27NO. The fraction of sp³-hybridized carbons (Fsp3) is 0.647. The molecule has 0 aromatic heterocycles. The van der Waals surface area contributed by atoms with Gasteiger partial charge in [-0.05, 0) is 42.9 Å². The highest BCUT2D eigenvalue weighted by Crippen LogP contribution is 2.32. The van der Waals surface area contributed by atoms with Crippen LogP contribution in [0.2, 0.25) is 0 Å². The highest BCUT2D eigenvalue weighted by atomic mass is 16.3. The zero-order valence-electron chi connectivity index (χ0n) is 12.2. The van der Waals surface area contributed by atoms with E-state index in [1.165, 1.54) is 42.4 Å². The molecule has 2 rings (SSSR count). The Morgan fingerprint density at radius 2 is 1.89 bits per heavy atom. The number of benzene rings is 1. The van der Waals surface area contributed by atoms with Crippen molar-refractivity contribution in [3.05, 3.63) is 34.9 Å². The summed E-state index contributed by atoms with van der Waals surface area (Å²) in [4.78, 5) is 0. The van der Waals surface area contributed by atoms with Crippen LogP contribution >= 0.6 is 0 Å². The Hall–Kier alpha value is -0.860. The van der Waals surface area contributed by atoms with E-state index in [0.29, 0.717) is 12.5 Å². The van der Waals surface area contributed by atoms with E-state index < -0.39 is 0 Å². The van der Waals surface area contributed by atoms with Gasteiger partial charge < -0.3 is 10.8 Å². The molecule has 2 atom stereocenters. The lowest BCUT2D eigenvalue weighted by Gasteiger charge is -2.25. The van der Waals surface area contributed by atoms with Crippen molar-refractivity contribution in [2.24, 2.45) is 11.7 Å². The van der Waals surface area contributed by atoms with Gasteiger partial charge in [0.05, 0.1) is 6.10 Å². The van der Waals surface area contributed by atoms with Crippen LogP contribution in [0.25, 0.3) is 0 Å². The van der Waals surface area contributed by atoms with Gasteiger partial charge in [-0.25, -0.2) is 0 Å². The maximum atomic E-state index is 10.5. The van der Waals surface area contributed by atoms with E-state index in [2.05, 4.69) is 32.0 Å². The molecule has 2 heteroatoms. The summed E-state index contributed by atoms with van der Waals surface area (Å²) in [5.74, 6) is 0.787. The van der Waals surface area contributed by atoms with Crippen LogP contribution in [-0.4, -0.2) is 17.8 Å². The third-order valence-electron chi connectivity index (χ3n) is 4.73. The van der Waals surface area contributed by atoms with E-state index in [0.717, 1.165) is 6.42 Å². The van der Waals surface area contributed by atoms with Crippen LogP contribution in [0, 0.1) is 19.8 Å². The third-order valence-corrected chi connectivity index (χ3v) is 4.73. The first-order chi connectivity index (χ1) is 9.11. The quantitative estimate of drug-likeness (QED) is 0.854. The second-order valence-electron chi connectivity index (χ2n) is 6.14. The molecule has 1 aliphatic rings. The molecule has 2 nitrogen and oxygen atoms in total. The van der Waals surface area contributed by atoms with E-state index in [9.17, 15) is 5.11 Å². The summed E-state index contributed by atoms with van der Waals surface area (Å²) in [6.07, 6.45) is 5.83. The molecule has 106 valence electrons. The lowest BCUT2D eigenvalue weighted by Crippen LogP contribution is -2.27. The van der Waals surface area contributed by atoms with Crippen LogP contribution in [0.4, 0.5) is 0 Å². The molecule has 0 bridgehead atoms. The highest BCUT2D eigenvalue weighted by Gasteiger charge is 2.25. The minimum atomic E-state index is -0.296. The summed E-state index contributed by atoms with van der Waals surface area (Å²) in [7, 11) is 0. The molecule has 1 saturated carbocycles. The molecule has 0 aliphatic heterocycles. The summed E-state index contributed by atoms with van der Waals surface area (Å²) in [6.45, 7) is 4.76. The molecule has 0 spiro atoms. The van der Waals surface area contributed by atoms with E-state index >= 15 is 0 Å². The van der Waals surface area contributed by atoms with Gasteiger partial charge in [-0.3, -0.25) is 0 Å². The average molecular weight is 261 g/mol. The van der Waals surface area contributed by atoms with Crippen LogP contribution in [-0.2, 0) is 0 Å². The smallest absolute Gasteiger partial charge is 0.0623 e. The standard InChI is InChI=1S/C17H27NO/c1-12-7-8-15(9-13(12)2)16(11-18)17(19)10-14-5-3-4-6-14/h7-9,14,16-17,19H,3-6,10-11,18H2,1-2H3. The van der Waals surface area contributed by atoms with Gasteiger partial charge in [-0.1, -0.05) is 43.9 Å². The van der Waals surface area contributed by atoms with Gasteiger partial charge in [-0.2, -0.15) is 0 Å². The number of hydrogen-bond donors (Lipinski definition) is 2. The van der Waals surface area contributed by atoms with Crippen molar-refractivity contribution in [2.75, 3.05) is 6.54 Å². The Labute approximate surface area is 117 Å². The highest BCUT2D eigenvalue weighted by molar-refractivity contribution is 5.32. The predicted octanol–water partition coefficient (Wildman–Crippen LogP) is 3.29. The molecule has 1 aliphatic carbocycles. The van der Waals surface area contributed by atoms with Gasteiger partial charge in [-0.15, -0.1) is 0 Å². The number of aryl methyl sites for hydroxylation is 2. The van der Waals surface area contributed by atoms with Gasteiger partial charge in [0.15, 0.2) is 0 Å². The largest absolute Gasteiger partial charge is 0.392 e. The SMILES string of the molecule is Cc1ccc(C(CN)C(O)CC2CCCC2)cc1C. The Morgan fingerprint density at radius 1 is 1.21 bits per heavy atom. The lowest BCUT2D eigenvalue weighted by molar-refractivity contribution is 0.116. The van der Waals surface area contributed by atoms with E-state index in [-0.39, 0.29) is 12.0 Å². The molecule has 1 fully saturated rings. The van der Waals surface area contributed by atoms with E-state index in [1.807, 2.05) is 0 Å². The number of aliphatic hydroxyl groups is 1. The first-order valence-corrected chi connectivity index (χ1v) is 7.57. The first kappa shape index (κ1) is 14.5. The Bertz CT molecular complexity index is 410. The maximum Gasteiger partial charge on any atom is 0.0623 e. The van der Waals surface area contributed by atoms with Gasteiger partial charge in [0.25, 0.3) is 0 Å². The topological polar surface area (TPSA) is 46.2 Å². The number of hydrogen-bond acceptors (Lipinski definition) is 2. The van der Waals surface area contributed by atoms with Crippen molar-refractivity contribution in [3.8, 4) is 0 Å². The second kappa shape index (κ2) is 6.53. The minimum absolute atomic E-state index is 0.0832. The van der Waals surface area contributed by atoms with Crippen LogP contribution in [0.5, 0.6) is 0 Å². The van der Waals surface area contributed by atoms with Crippen LogP contribution < -0.4 is 5.73 Å². The number of rotatable bonds is 5. The second-order valence-corrected chi connectivity index (χ2v) is 6.14. The van der Waals surface area contributed by atoms with Crippen LogP contribution in [0.1, 0.15) is 54.7 Å². The van der Waals surface area contributed by atoms with Crippen molar-refractivity contribution in [3.63, 3.8) is 0 Å². The van der Waals surface area contributed by atoms with Crippen molar-refractivity contribution in [1.82, 2.24) is 0 Å². The van der Waals surface area contributed by atoms with E-state index in [4.69, 9.17) is 5.73 Å². The normalized spacial score (nSPS) is 19.6. The van der Waals surface area contributed by atoms with Crippen molar-refractivity contribution >= 4 is 0 Å². The van der Waals surface area contributed by atoms with Gasteiger partial charge >= 0.3 is 0 Å². The fourth-order valence-electron chi connectivity index (χ4n) is 3.26. The molecule has 0 radical (unpaired) electrons. The van der Waals surface area contributed by atoms with E-state index in [1.54, 1.807) is 0 Å². The first-order valence-electron chi connectivity index (χ1n) is 7.57. The lowest BCUT2D eigenvalue weighted by atomic mass is 9.86. The molecule has 3 N–H and O–H groups in total. The number of nitrogens with two attached hydrogens (primary N) is 1. The molecule has 0 saturated heterocycles. The van der Waals surface area contributed by atoms with Crippen LogP contribution in [0.3, 0.4) is 0 Å². The number of aliphatic hydroxyl groups excluding tert-OH is 1. The maximum absolute atomic E-state index is 10.5.